The van der Waals surface area contributed by atoms with Crippen molar-refractivity contribution in [1.29, 1.82) is 0 Å². The van der Waals surface area contributed by atoms with Crippen molar-refractivity contribution in [3.63, 3.8) is 0 Å². The standard InChI is InChI=1S/C17H23N3OS/c1-13-6-4-5-7-15(13)8-9-18-17(21)11-20(3)10-16-12-22-14(2)19-16/h4-7,12H,8-11H2,1-3H3,(H,18,21). The molecule has 1 N–H and O–H groups in total. The van der Waals surface area contributed by atoms with E-state index >= 15 is 0 Å². The maximum atomic E-state index is 12.0. The third kappa shape index (κ3) is 5.24. The number of hydrogen-bond acceptors (Lipinski definition) is 4. The summed E-state index contributed by atoms with van der Waals surface area (Å²) in [7, 11) is 1.94. The maximum Gasteiger partial charge on any atom is 0.234 e. The summed E-state index contributed by atoms with van der Waals surface area (Å²) in [5, 5.41) is 6.09. The van der Waals surface area contributed by atoms with Gasteiger partial charge < -0.3 is 5.32 Å². The fraction of sp³-hybridized carbons (Fsp3) is 0.412. The van der Waals surface area contributed by atoms with E-state index in [1.807, 2.05) is 36.4 Å². The minimum absolute atomic E-state index is 0.0584. The Morgan fingerprint density at radius 3 is 2.77 bits per heavy atom. The summed E-state index contributed by atoms with van der Waals surface area (Å²) in [6.45, 7) is 5.86. The number of likely N-dealkylation sites (N-methyl/N-ethyl adjacent to an activating group) is 1. The van der Waals surface area contributed by atoms with Crippen LogP contribution in [0.25, 0.3) is 0 Å². The highest BCUT2D eigenvalue weighted by molar-refractivity contribution is 7.09. The molecule has 1 aromatic heterocycles. The molecule has 0 bridgehead atoms. The molecule has 0 aliphatic rings. The van der Waals surface area contributed by atoms with Crippen LogP contribution in [0, 0.1) is 13.8 Å². The Morgan fingerprint density at radius 2 is 2.09 bits per heavy atom. The first-order chi connectivity index (χ1) is 10.5. The molecule has 1 aromatic carbocycles. The van der Waals surface area contributed by atoms with E-state index < -0.39 is 0 Å². The highest BCUT2D eigenvalue weighted by Crippen LogP contribution is 2.09. The van der Waals surface area contributed by atoms with Crippen molar-refractivity contribution in [2.24, 2.45) is 0 Å². The van der Waals surface area contributed by atoms with E-state index in [0.717, 1.165) is 17.1 Å². The maximum absolute atomic E-state index is 12.0. The number of aryl methyl sites for hydroxylation is 2. The minimum Gasteiger partial charge on any atom is -0.355 e. The van der Waals surface area contributed by atoms with E-state index in [0.29, 0.717) is 19.6 Å². The quantitative estimate of drug-likeness (QED) is 0.853. The lowest BCUT2D eigenvalue weighted by atomic mass is 10.1. The Balaban J connectivity index is 1.70. The van der Waals surface area contributed by atoms with E-state index in [1.54, 1.807) is 11.3 Å². The van der Waals surface area contributed by atoms with Crippen LogP contribution in [0.1, 0.15) is 21.8 Å². The second kappa shape index (κ2) is 8.06. The monoisotopic (exact) mass is 317 g/mol. The zero-order valence-electron chi connectivity index (χ0n) is 13.4. The number of aromatic nitrogens is 1. The van der Waals surface area contributed by atoms with Crippen LogP contribution < -0.4 is 5.32 Å². The van der Waals surface area contributed by atoms with Crippen molar-refractivity contribution in [1.82, 2.24) is 15.2 Å². The SMILES string of the molecule is Cc1nc(CN(C)CC(=O)NCCc2ccccc2C)cs1. The van der Waals surface area contributed by atoms with Gasteiger partial charge in [-0.2, -0.15) is 0 Å². The molecule has 0 unspecified atom stereocenters. The predicted octanol–water partition coefficient (Wildman–Crippen LogP) is 2.55. The van der Waals surface area contributed by atoms with Crippen molar-refractivity contribution in [3.05, 3.63) is 51.5 Å². The third-order valence-corrected chi connectivity index (χ3v) is 4.31. The van der Waals surface area contributed by atoms with Crippen LogP contribution in [0.5, 0.6) is 0 Å². The second-order valence-corrected chi connectivity index (χ2v) is 6.62. The molecular weight excluding hydrogens is 294 g/mol. The van der Waals surface area contributed by atoms with E-state index in [1.165, 1.54) is 11.1 Å². The number of rotatable bonds is 7. The number of amides is 1. The summed E-state index contributed by atoms with van der Waals surface area (Å²) >= 11 is 1.64. The summed E-state index contributed by atoms with van der Waals surface area (Å²) in [4.78, 5) is 18.4. The summed E-state index contributed by atoms with van der Waals surface area (Å²) in [5.41, 5.74) is 3.58. The number of benzene rings is 1. The van der Waals surface area contributed by atoms with Crippen molar-refractivity contribution in [2.75, 3.05) is 20.1 Å². The zero-order valence-corrected chi connectivity index (χ0v) is 14.2. The molecule has 0 fully saturated rings. The first-order valence-corrected chi connectivity index (χ1v) is 8.33. The van der Waals surface area contributed by atoms with Gasteiger partial charge in [-0.3, -0.25) is 9.69 Å². The largest absolute Gasteiger partial charge is 0.355 e. The number of thiazole rings is 1. The van der Waals surface area contributed by atoms with Gasteiger partial charge in [-0.05, 0) is 38.4 Å². The number of nitrogens with one attached hydrogen (secondary N) is 1. The molecule has 2 rings (SSSR count). The van der Waals surface area contributed by atoms with Gasteiger partial charge in [-0.25, -0.2) is 4.98 Å². The lowest BCUT2D eigenvalue weighted by molar-refractivity contribution is -0.122. The number of nitrogens with zero attached hydrogens (tertiary/aromatic N) is 2. The van der Waals surface area contributed by atoms with E-state index in [9.17, 15) is 4.79 Å². The number of carbonyl (C=O) groups excluding carboxylic acids is 1. The fourth-order valence-electron chi connectivity index (χ4n) is 2.34. The van der Waals surface area contributed by atoms with Gasteiger partial charge in [0.25, 0.3) is 0 Å². The normalized spacial score (nSPS) is 10.9. The second-order valence-electron chi connectivity index (χ2n) is 5.56. The molecule has 5 heteroatoms. The zero-order chi connectivity index (χ0) is 15.9. The molecule has 0 aliphatic heterocycles. The number of hydrogen-bond donors (Lipinski definition) is 1. The molecule has 0 aliphatic carbocycles. The van der Waals surface area contributed by atoms with Crippen LogP contribution in [-0.2, 0) is 17.8 Å². The summed E-state index contributed by atoms with van der Waals surface area (Å²) in [6.07, 6.45) is 0.868. The van der Waals surface area contributed by atoms with Gasteiger partial charge in [-0.1, -0.05) is 24.3 Å². The van der Waals surface area contributed by atoms with Crippen molar-refractivity contribution < 1.29 is 4.79 Å². The van der Waals surface area contributed by atoms with E-state index in [4.69, 9.17) is 0 Å². The highest BCUT2D eigenvalue weighted by atomic mass is 32.1. The van der Waals surface area contributed by atoms with Crippen molar-refractivity contribution in [2.45, 2.75) is 26.8 Å². The summed E-state index contributed by atoms with van der Waals surface area (Å²) in [6, 6.07) is 8.28. The Bertz CT molecular complexity index is 624. The molecule has 4 nitrogen and oxygen atoms in total. The molecular formula is C17H23N3OS. The molecule has 0 atom stereocenters. The van der Waals surface area contributed by atoms with Gasteiger partial charge >= 0.3 is 0 Å². The summed E-state index contributed by atoms with van der Waals surface area (Å²) < 4.78 is 0. The minimum atomic E-state index is 0.0584. The smallest absolute Gasteiger partial charge is 0.234 e. The number of carbonyl (C=O) groups is 1. The van der Waals surface area contributed by atoms with Gasteiger partial charge in [0.15, 0.2) is 0 Å². The van der Waals surface area contributed by atoms with Gasteiger partial charge in [0.2, 0.25) is 5.91 Å². The molecule has 118 valence electrons. The first kappa shape index (κ1) is 16.6. The van der Waals surface area contributed by atoms with Crippen LogP contribution >= 0.6 is 11.3 Å². The van der Waals surface area contributed by atoms with Gasteiger partial charge in [0, 0.05) is 18.5 Å². The summed E-state index contributed by atoms with van der Waals surface area (Å²) in [5.74, 6) is 0.0584. The van der Waals surface area contributed by atoms with Crippen molar-refractivity contribution in [3.8, 4) is 0 Å². The lowest BCUT2D eigenvalue weighted by Crippen LogP contribution is -2.35. The molecule has 0 saturated heterocycles. The molecule has 0 spiro atoms. The van der Waals surface area contributed by atoms with Crippen LogP contribution in [0.15, 0.2) is 29.6 Å². The Hall–Kier alpha value is -1.72. The first-order valence-electron chi connectivity index (χ1n) is 7.45. The lowest BCUT2D eigenvalue weighted by Gasteiger charge is -2.15. The molecule has 1 heterocycles. The molecule has 0 radical (unpaired) electrons. The highest BCUT2D eigenvalue weighted by Gasteiger charge is 2.08. The predicted molar refractivity (Wildman–Crippen MR) is 91.1 cm³/mol. The fourth-order valence-corrected chi connectivity index (χ4v) is 2.95. The Labute approximate surface area is 136 Å². The van der Waals surface area contributed by atoms with E-state index in [-0.39, 0.29) is 5.91 Å². The Kier molecular flexibility index (Phi) is 6.10. The third-order valence-electron chi connectivity index (χ3n) is 3.49. The van der Waals surface area contributed by atoms with Crippen molar-refractivity contribution >= 4 is 17.2 Å². The molecule has 0 saturated carbocycles. The van der Waals surface area contributed by atoms with Crippen LogP contribution in [0.4, 0.5) is 0 Å². The van der Waals surface area contributed by atoms with E-state index in [2.05, 4.69) is 29.4 Å². The average molecular weight is 317 g/mol. The van der Waals surface area contributed by atoms with Gasteiger partial charge in [0.1, 0.15) is 0 Å². The molecule has 22 heavy (non-hydrogen) atoms. The molecule has 1 amide bonds. The average Bonchev–Trinajstić information content (AvgIpc) is 2.86. The van der Waals surface area contributed by atoms with Gasteiger partial charge in [-0.15, -0.1) is 11.3 Å². The van der Waals surface area contributed by atoms with Crippen LogP contribution in [0.3, 0.4) is 0 Å². The van der Waals surface area contributed by atoms with Crippen LogP contribution in [-0.4, -0.2) is 35.9 Å². The molecule has 2 aromatic rings. The topological polar surface area (TPSA) is 45.2 Å². The van der Waals surface area contributed by atoms with Gasteiger partial charge in [0.05, 0.1) is 17.2 Å². The Morgan fingerprint density at radius 1 is 1.32 bits per heavy atom. The van der Waals surface area contributed by atoms with Crippen LogP contribution in [0.2, 0.25) is 0 Å².